The number of halogens is 1. The van der Waals surface area contributed by atoms with Crippen LogP contribution in [0.15, 0.2) is 51.6 Å². The zero-order chi connectivity index (χ0) is 26.7. The minimum Gasteiger partial charge on any atom is -0.466 e. The first-order valence-corrected chi connectivity index (χ1v) is 13.8. The van der Waals surface area contributed by atoms with Crippen molar-refractivity contribution in [3.63, 3.8) is 0 Å². The third-order valence-electron chi connectivity index (χ3n) is 6.56. The van der Waals surface area contributed by atoms with Crippen LogP contribution in [0.4, 0.5) is 0 Å². The van der Waals surface area contributed by atoms with Crippen LogP contribution in [0.25, 0.3) is 0 Å². The van der Waals surface area contributed by atoms with E-state index in [1.54, 1.807) is 38.7 Å². The molecule has 1 amide bonds. The SMILES string of the molecule is CCOC(=O)C1CCN(C(=O)CC2=CSC3=NC(C)=C(C(=O)OC(C)C)C(c4ccccc4Cl)N23)CC1. The van der Waals surface area contributed by atoms with Gasteiger partial charge < -0.3 is 19.3 Å². The molecule has 4 rings (SSSR count). The molecule has 0 aliphatic carbocycles. The molecular formula is C27H32ClN3O5S. The minimum atomic E-state index is -0.573. The largest absolute Gasteiger partial charge is 0.466 e. The Morgan fingerprint density at radius 3 is 2.54 bits per heavy atom. The number of benzene rings is 1. The molecule has 1 saturated heterocycles. The number of likely N-dealkylation sites (tertiary alicyclic amines) is 1. The number of hydrogen-bond donors (Lipinski definition) is 0. The number of thioether (sulfide) groups is 1. The number of esters is 2. The zero-order valence-electron chi connectivity index (χ0n) is 21.5. The fourth-order valence-corrected chi connectivity index (χ4v) is 5.99. The van der Waals surface area contributed by atoms with E-state index < -0.39 is 12.0 Å². The van der Waals surface area contributed by atoms with Gasteiger partial charge in [-0.05, 0) is 57.6 Å². The monoisotopic (exact) mass is 545 g/mol. The summed E-state index contributed by atoms with van der Waals surface area (Å²) in [4.78, 5) is 47.1. The third-order valence-corrected chi connectivity index (χ3v) is 7.80. The van der Waals surface area contributed by atoms with Gasteiger partial charge in [0.2, 0.25) is 5.91 Å². The fourth-order valence-electron chi connectivity index (χ4n) is 4.79. The van der Waals surface area contributed by atoms with Crippen LogP contribution in [-0.4, -0.2) is 58.6 Å². The van der Waals surface area contributed by atoms with Gasteiger partial charge in [-0.3, -0.25) is 9.59 Å². The summed E-state index contributed by atoms with van der Waals surface area (Å²) in [5.41, 5.74) is 2.45. The number of amidine groups is 1. The summed E-state index contributed by atoms with van der Waals surface area (Å²) < 4.78 is 10.7. The molecule has 0 spiro atoms. The Hall–Kier alpha value is -2.78. The topological polar surface area (TPSA) is 88.5 Å². The predicted molar refractivity (Wildman–Crippen MR) is 144 cm³/mol. The summed E-state index contributed by atoms with van der Waals surface area (Å²) in [7, 11) is 0. The number of rotatable bonds is 7. The van der Waals surface area contributed by atoms with E-state index in [1.165, 1.54) is 11.8 Å². The van der Waals surface area contributed by atoms with Crippen LogP contribution in [0.3, 0.4) is 0 Å². The van der Waals surface area contributed by atoms with Gasteiger partial charge in [0.05, 0.1) is 42.4 Å². The molecule has 3 heterocycles. The van der Waals surface area contributed by atoms with E-state index in [2.05, 4.69) is 4.99 Å². The highest BCUT2D eigenvalue weighted by Gasteiger charge is 2.42. The maximum atomic E-state index is 13.3. The molecule has 10 heteroatoms. The standard InChI is InChI=1S/C27H32ClN3O5S/c1-5-35-25(33)18-10-12-30(13-11-18)22(32)14-19-15-37-27-29-17(4)23(26(34)36-16(2)3)24(31(19)27)20-8-6-7-9-21(20)28/h6-9,15-16,18,24H,5,10-14H2,1-4H3. The first-order valence-electron chi connectivity index (χ1n) is 12.5. The number of nitrogens with zero attached hydrogens (tertiary/aromatic N) is 3. The number of amides is 1. The van der Waals surface area contributed by atoms with Gasteiger partial charge in [-0.1, -0.05) is 41.6 Å². The summed E-state index contributed by atoms with van der Waals surface area (Å²) in [5, 5.41) is 3.11. The fraction of sp³-hybridized carbons (Fsp3) is 0.481. The normalized spacial score (nSPS) is 20.0. The zero-order valence-corrected chi connectivity index (χ0v) is 23.1. The summed E-state index contributed by atoms with van der Waals surface area (Å²) in [5.74, 6) is -0.850. The van der Waals surface area contributed by atoms with Crippen LogP contribution in [0, 0.1) is 5.92 Å². The van der Waals surface area contributed by atoms with Gasteiger partial charge >= 0.3 is 11.9 Å². The second-order valence-corrected chi connectivity index (χ2v) is 10.7. The molecule has 1 unspecified atom stereocenters. The summed E-state index contributed by atoms with van der Waals surface area (Å²) in [6.45, 7) is 8.56. The van der Waals surface area contributed by atoms with Crippen molar-refractivity contribution in [3.05, 3.63) is 57.2 Å². The summed E-state index contributed by atoms with van der Waals surface area (Å²) >= 11 is 8.05. The van der Waals surface area contributed by atoms with Crippen LogP contribution in [0.2, 0.25) is 5.02 Å². The van der Waals surface area contributed by atoms with Gasteiger partial charge in [0.25, 0.3) is 0 Å². The highest BCUT2D eigenvalue weighted by molar-refractivity contribution is 8.16. The number of hydrogen-bond acceptors (Lipinski definition) is 8. The van der Waals surface area contributed by atoms with Crippen molar-refractivity contribution in [1.29, 1.82) is 0 Å². The Morgan fingerprint density at radius 1 is 1.19 bits per heavy atom. The Kier molecular flexibility index (Phi) is 8.64. The molecule has 1 aromatic rings. The average Bonchev–Trinajstić information content (AvgIpc) is 3.25. The summed E-state index contributed by atoms with van der Waals surface area (Å²) in [6, 6.07) is 6.81. The van der Waals surface area contributed by atoms with Crippen molar-refractivity contribution in [2.24, 2.45) is 10.9 Å². The molecule has 0 radical (unpaired) electrons. The van der Waals surface area contributed by atoms with Gasteiger partial charge in [-0.25, -0.2) is 9.79 Å². The minimum absolute atomic E-state index is 0.0362. The highest BCUT2D eigenvalue weighted by Crippen LogP contribution is 2.46. The molecule has 3 aliphatic rings. The molecule has 198 valence electrons. The molecule has 37 heavy (non-hydrogen) atoms. The molecule has 0 bridgehead atoms. The van der Waals surface area contributed by atoms with Crippen molar-refractivity contribution in [3.8, 4) is 0 Å². The first kappa shape index (κ1) is 27.3. The molecule has 8 nitrogen and oxygen atoms in total. The second-order valence-electron chi connectivity index (χ2n) is 9.45. The van der Waals surface area contributed by atoms with E-state index in [0.717, 1.165) is 11.3 Å². The second kappa shape index (κ2) is 11.7. The Balaban J connectivity index is 1.57. The number of fused-ring (bicyclic) bond motifs is 1. The number of aliphatic imine (C=N–C) groups is 1. The Morgan fingerprint density at radius 2 is 1.89 bits per heavy atom. The maximum Gasteiger partial charge on any atom is 0.338 e. The van der Waals surface area contributed by atoms with E-state index in [-0.39, 0.29) is 30.3 Å². The molecule has 0 aromatic heterocycles. The Labute approximate surface area is 226 Å². The van der Waals surface area contributed by atoms with Crippen molar-refractivity contribution in [2.75, 3.05) is 19.7 Å². The van der Waals surface area contributed by atoms with E-state index in [0.29, 0.717) is 54.0 Å². The smallest absolute Gasteiger partial charge is 0.338 e. The number of ether oxygens (including phenoxy) is 2. The van der Waals surface area contributed by atoms with Crippen LogP contribution >= 0.6 is 23.4 Å². The molecule has 3 aliphatic heterocycles. The van der Waals surface area contributed by atoms with Gasteiger partial charge in [-0.2, -0.15) is 0 Å². The summed E-state index contributed by atoms with van der Waals surface area (Å²) in [6.07, 6.45) is 1.02. The number of carbonyl (C=O) groups excluding carboxylic acids is 3. The number of carbonyl (C=O) groups is 3. The molecule has 1 fully saturated rings. The van der Waals surface area contributed by atoms with Crippen LogP contribution < -0.4 is 0 Å². The number of allylic oxidation sites excluding steroid dienone is 1. The van der Waals surface area contributed by atoms with E-state index in [4.69, 9.17) is 21.1 Å². The lowest BCUT2D eigenvalue weighted by molar-refractivity contribution is -0.151. The van der Waals surface area contributed by atoms with Gasteiger partial charge in [-0.15, -0.1) is 0 Å². The van der Waals surface area contributed by atoms with Gasteiger partial charge in [0.15, 0.2) is 5.17 Å². The van der Waals surface area contributed by atoms with Gasteiger partial charge in [0, 0.05) is 23.8 Å². The third kappa shape index (κ3) is 5.88. The van der Waals surface area contributed by atoms with E-state index >= 15 is 0 Å². The quantitative estimate of drug-likeness (QED) is 0.442. The van der Waals surface area contributed by atoms with Crippen molar-refractivity contribution < 1.29 is 23.9 Å². The van der Waals surface area contributed by atoms with Crippen LogP contribution in [0.5, 0.6) is 0 Å². The van der Waals surface area contributed by atoms with E-state index in [1.807, 2.05) is 28.5 Å². The molecular weight excluding hydrogens is 514 g/mol. The van der Waals surface area contributed by atoms with Gasteiger partial charge in [0.1, 0.15) is 0 Å². The lowest BCUT2D eigenvalue weighted by atomic mass is 9.93. The van der Waals surface area contributed by atoms with Crippen molar-refractivity contribution >= 4 is 46.4 Å². The molecule has 1 atom stereocenters. The lowest BCUT2D eigenvalue weighted by Gasteiger charge is -2.37. The highest BCUT2D eigenvalue weighted by atomic mass is 35.5. The molecule has 0 saturated carbocycles. The Bertz CT molecular complexity index is 1170. The molecule has 1 aromatic carbocycles. The van der Waals surface area contributed by atoms with Crippen molar-refractivity contribution in [1.82, 2.24) is 9.80 Å². The average molecular weight is 546 g/mol. The lowest BCUT2D eigenvalue weighted by Crippen LogP contribution is -2.42. The van der Waals surface area contributed by atoms with Crippen LogP contribution in [-0.2, 0) is 23.9 Å². The first-order chi connectivity index (χ1) is 17.7. The van der Waals surface area contributed by atoms with Crippen LogP contribution in [0.1, 0.15) is 58.6 Å². The van der Waals surface area contributed by atoms with E-state index in [9.17, 15) is 14.4 Å². The predicted octanol–water partition coefficient (Wildman–Crippen LogP) is 5.06. The number of piperidine rings is 1. The maximum absolute atomic E-state index is 13.3. The van der Waals surface area contributed by atoms with Crippen molar-refractivity contribution in [2.45, 2.75) is 59.1 Å². The molecule has 0 N–H and O–H groups in total.